The minimum absolute atomic E-state index is 0.182. The number of para-hydroxylation sites is 1. The van der Waals surface area contributed by atoms with E-state index >= 15 is 0 Å². The van der Waals surface area contributed by atoms with Crippen LogP contribution in [0.4, 0.5) is 0 Å². The van der Waals surface area contributed by atoms with E-state index in [9.17, 15) is 4.79 Å². The highest BCUT2D eigenvalue weighted by molar-refractivity contribution is 5.84. The summed E-state index contributed by atoms with van der Waals surface area (Å²) in [6.45, 7) is 2.71. The molecule has 0 saturated carbocycles. The van der Waals surface area contributed by atoms with Gasteiger partial charge in [0.1, 0.15) is 0 Å². The molecule has 1 aromatic carbocycles. The van der Waals surface area contributed by atoms with E-state index in [1.165, 1.54) is 10.9 Å². The molecule has 0 atom stereocenters. The van der Waals surface area contributed by atoms with Gasteiger partial charge in [0.15, 0.2) is 0 Å². The van der Waals surface area contributed by atoms with Gasteiger partial charge in [-0.25, -0.2) is 0 Å². The van der Waals surface area contributed by atoms with E-state index in [1.807, 2.05) is 12.1 Å². The van der Waals surface area contributed by atoms with E-state index in [4.69, 9.17) is 9.84 Å². The number of aryl methyl sites for hydroxylation is 1. The Labute approximate surface area is 124 Å². The van der Waals surface area contributed by atoms with E-state index in [-0.39, 0.29) is 6.42 Å². The molecule has 1 N–H and O–H groups in total. The van der Waals surface area contributed by atoms with Crippen LogP contribution in [0.25, 0.3) is 10.9 Å². The van der Waals surface area contributed by atoms with Crippen molar-refractivity contribution in [3.05, 3.63) is 36.0 Å². The molecule has 0 spiro atoms. The largest absolute Gasteiger partial charge is 0.481 e. The Morgan fingerprint density at radius 2 is 2.10 bits per heavy atom. The molecular formula is C17H21NO3. The van der Waals surface area contributed by atoms with Crippen molar-refractivity contribution in [2.45, 2.75) is 32.2 Å². The van der Waals surface area contributed by atoms with Crippen LogP contribution in [-0.4, -0.2) is 28.9 Å². The van der Waals surface area contributed by atoms with Crippen LogP contribution < -0.4 is 0 Å². The lowest BCUT2D eigenvalue weighted by Crippen LogP contribution is -2.20. The van der Waals surface area contributed by atoms with Crippen LogP contribution in [0, 0.1) is 5.92 Å². The summed E-state index contributed by atoms with van der Waals surface area (Å²) in [5.74, 6) is -0.0866. The maximum Gasteiger partial charge on any atom is 0.303 e. The maximum atomic E-state index is 10.8. The van der Waals surface area contributed by atoms with Gasteiger partial charge >= 0.3 is 5.97 Å². The van der Waals surface area contributed by atoms with Crippen LogP contribution in [0.5, 0.6) is 0 Å². The molecule has 0 radical (unpaired) electrons. The smallest absolute Gasteiger partial charge is 0.303 e. The zero-order chi connectivity index (χ0) is 14.7. The topological polar surface area (TPSA) is 51.5 Å². The lowest BCUT2D eigenvalue weighted by molar-refractivity contribution is -0.136. The average molecular weight is 287 g/mol. The summed E-state index contributed by atoms with van der Waals surface area (Å²) in [5.41, 5.74) is 2.33. The Morgan fingerprint density at radius 1 is 1.29 bits per heavy atom. The Kier molecular flexibility index (Phi) is 4.25. The van der Waals surface area contributed by atoms with Crippen LogP contribution >= 0.6 is 0 Å². The number of benzene rings is 1. The molecule has 21 heavy (non-hydrogen) atoms. The second-order valence-corrected chi connectivity index (χ2v) is 5.77. The predicted molar refractivity (Wildman–Crippen MR) is 81.4 cm³/mol. The molecular weight excluding hydrogens is 266 g/mol. The van der Waals surface area contributed by atoms with E-state index < -0.39 is 5.97 Å². The maximum absolute atomic E-state index is 10.8. The normalized spacial score (nSPS) is 16.4. The minimum atomic E-state index is -0.741. The van der Waals surface area contributed by atoms with Crippen molar-refractivity contribution >= 4 is 16.9 Å². The predicted octanol–water partition coefficient (Wildman–Crippen LogP) is 3.09. The monoisotopic (exact) mass is 287 g/mol. The number of rotatable bonds is 5. The second-order valence-electron chi connectivity index (χ2n) is 5.77. The third-order valence-corrected chi connectivity index (χ3v) is 4.28. The van der Waals surface area contributed by atoms with Gasteiger partial charge in [0, 0.05) is 32.4 Å². The van der Waals surface area contributed by atoms with E-state index in [0.717, 1.165) is 38.2 Å². The fourth-order valence-corrected chi connectivity index (χ4v) is 3.14. The van der Waals surface area contributed by atoms with Gasteiger partial charge in [0.05, 0.1) is 5.52 Å². The highest BCUT2D eigenvalue weighted by atomic mass is 16.5. The third kappa shape index (κ3) is 3.27. The molecule has 1 saturated heterocycles. The van der Waals surface area contributed by atoms with E-state index in [0.29, 0.717) is 12.3 Å². The molecule has 3 rings (SSSR count). The number of fused-ring (bicyclic) bond motifs is 1. The zero-order valence-electron chi connectivity index (χ0n) is 12.1. The molecule has 112 valence electrons. The van der Waals surface area contributed by atoms with Gasteiger partial charge in [-0.1, -0.05) is 18.2 Å². The number of carboxylic acid groups (broad SMARTS) is 1. The Bertz CT molecular complexity index is 626. The number of aliphatic carboxylic acids is 1. The highest BCUT2D eigenvalue weighted by Gasteiger charge is 2.16. The van der Waals surface area contributed by atoms with Crippen molar-refractivity contribution < 1.29 is 14.6 Å². The van der Waals surface area contributed by atoms with Gasteiger partial charge in [-0.3, -0.25) is 4.79 Å². The Hall–Kier alpha value is -1.81. The van der Waals surface area contributed by atoms with Gasteiger partial charge < -0.3 is 14.4 Å². The first-order valence-electron chi connectivity index (χ1n) is 7.60. The van der Waals surface area contributed by atoms with Crippen LogP contribution in [0.3, 0.4) is 0 Å². The average Bonchev–Trinajstić information content (AvgIpc) is 2.90. The number of hydrogen-bond acceptors (Lipinski definition) is 2. The molecule has 4 heteroatoms. The lowest BCUT2D eigenvalue weighted by Gasteiger charge is -2.23. The van der Waals surface area contributed by atoms with Gasteiger partial charge in [-0.2, -0.15) is 0 Å². The molecule has 4 nitrogen and oxygen atoms in total. The molecule has 0 bridgehead atoms. The Morgan fingerprint density at radius 3 is 2.86 bits per heavy atom. The standard InChI is InChI=1S/C17H21NO3/c19-16(20)5-4-14-2-1-3-15-6-9-18(17(14)15)12-13-7-10-21-11-8-13/h1-3,6,9,13H,4-5,7-8,10-12H2,(H,19,20). The van der Waals surface area contributed by atoms with Gasteiger partial charge in [0.25, 0.3) is 0 Å². The fraction of sp³-hybridized carbons (Fsp3) is 0.471. The van der Waals surface area contributed by atoms with Crippen molar-refractivity contribution in [1.82, 2.24) is 4.57 Å². The van der Waals surface area contributed by atoms with Gasteiger partial charge in [-0.15, -0.1) is 0 Å². The van der Waals surface area contributed by atoms with E-state index in [1.54, 1.807) is 0 Å². The first-order valence-corrected chi connectivity index (χ1v) is 7.60. The number of carboxylic acids is 1. The number of carbonyl (C=O) groups is 1. The summed E-state index contributed by atoms with van der Waals surface area (Å²) in [7, 11) is 0. The highest BCUT2D eigenvalue weighted by Crippen LogP contribution is 2.25. The van der Waals surface area contributed by atoms with Crippen LogP contribution in [0.15, 0.2) is 30.5 Å². The Balaban J connectivity index is 1.85. The molecule has 1 aromatic heterocycles. The molecule has 0 aliphatic carbocycles. The summed E-state index contributed by atoms with van der Waals surface area (Å²) in [6.07, 6.45) is 5.12. The van der Waals surface area contributed by atoms with Crippen molar-refractivity contribution in [2.24, 2.45) is 5.92 Å². The lowest BCUT2D eigenvalue weighted by atomic mass is 10.00. The summed E-state index contributed by atoms with van der Waals surface area (Å²) in [6, 6.07) is 8.28. The van der Waals surface area contributed by atoms with Crippen LogP contribution in [-0.2, 0) is 22.5 Å². The molecule has 0 unspecified atom stereocenters. The molecule has 1 fully saturated rings. The number of hydrogen-bond donors (Lipinski definition) is 1. The van der Waals surface area contributed by atoms with Crippen molar-refractivity contribution in [1.29, 1.82) is 0 Å². The summed E-state index contributed by atoms with van der Waals surface area (Å²) >= 11 is 0. The third-order valence-electron chi connectivity index (χ3n) is 4.28. The fourth-order valence-electron chi connectivity index (χ4n) is 3.14. The van der Waals surface area contributed by atoms with Crippen molar-refractivity contribution in [3.8, 4) is 0 Å². The number of ether oxygens (including phenoxy) is 1. The first kappa shape index (κ1) is 14.1. The summed E-state index contributed by atoms with van der Waals surface area (Å²) in [5, 5.41) is 10.1. The molecule has 0 amide bonds. The number of aromatic nitrogens is 1. The van der Waals surface area contributed by atoms with Crippen molar-refractivity contribution in [3.63, 3.8) is 0 Å². The van der Waals surface area contributed by atoms with E-state index in [2.05, 4.69) is 22.9 Å². The summed E-state index contributed by atoms with van der Waals surface area (Å²) in [4.78, 5) is 10.8. The SMILES string of the molecule is O=C(O)CCc1cccc2ccn(CC3CCOCC3)c12. The molecule has 1 aliphatic heterocycles. The molecule has 2 aromatic rings. The number of nitrogens with zero attached hydrogens (tertiary/aromatic N) is 1. The zero-order valence-corrected chi connectivity index (χ0v) is 12.1. The minimum Gasteiger partial charge on any atom is -0.481 e. The van der Waals surface area contributed by atoms with Gasteiger partial charge in [0.2, 0.25) is 0 Å². The molecule has 2 heterocycles. The second kappa shape index (κ2) is 6.31. The van der Waals surface area contributed by atoms with Gasteiger partial charge in [-0.05, 0) is 42.2 Å². The first-order chi connectivity index (χ1) is 10.2. The van der Waals surface area contributed by atoms with Crippen molar-refractivity contribution in [2.75, 3.05) is 13.2 Å². The molecule has 1 aliphatic rings. The van der Waals surface area contributed by atoms with Crippen LogP contribution in [0.1, 0.15) is 24.8 Å². The summed E-state index contributed by atoms with van der Waals surface area (Å²) < 4.78 is 7.71. The quantitative estimate of drug-likeness (QED) is 0.919. The van der Waals surface area contributed by atoms with Crippen LogP contribution in [0.2, 0.25) is 0 Å².